The smallest absolute Gasteiger partial charge is 0.322 e. The van der Waals surface area contributed by atoms with E-state index in [1.165, 1.54) is 4.90 Å². The number of hydrogen-bond acceptors (Lipinski definition) is 2. The predicted octanol–water partition coefficient (Wildman–Crippen LogP) is 2.74. The fourth-order valence-corrected chi connectivity index (χ4v) is 1.74. The van der Waals surface area contributed by atoms with Gasteiger partial charge in [-0.05, 0) is 18.6 Å². The van der Waals surface area contributed by atoms with E-state index in [0.29, 0.717) is 10.7 Å². The van der Waals surface area contributed by atoms with Crippen LogP contribution in [0.3, 0.4) is 0 Å². The summed E-state index contributed by atoms with van der Waals surface area (Å²) in [4.78, 5) is 24.2. The molecule has 0 fully saturated rings. The molecule has 0 aromatic heterocycles. The summed E-state index contributed by atoms with van der Waals surface area (Å²) in [6.45, 7) is 5.57. The van der Waals surface area contributed by atoms with Crippen molar-refractivity contribution in [3.8, 4) is 0 Å². The number of hydrogen-bond donors (Lipinski definition) is 2. The van der Waals surface area contributed by atoms with E-state index in [-0.39, 0.29) is 19.5 Å². The number of urea groups is 1. The number of para-hydroxylation sites is 1. The van der Waals surface area contributed by atoms with E-state index < -0.39 is 12.0 Å². The molecule has 2 N–H and O–H groups in total. The molecule has 0 radical (unpaired) electrons. The molecule has 1 aromatic carbocycles. The Labute approximate surface area is 122 Å². The molecule has 6 heteroatoms. The van der Waals surface area contributed by atoms with Gasteiger partial charge in [0.2, 0.25) is 0 Å². The minimum absolute atomic E-state index is 0.0841. The van der Waals surface area contributed by atoms with Crippen LogP contribution in [0.25, 0.3) is 0 Å². The molecule has 1 rings (SSSR count). The fraction of sp³-hybridized carbons (Fsp3) is 0.286. The summed E-state index contributed by atoms with van der Waals surface area (Å²) in [7, 11) is 0. The number of aliphatic carboxylic acids is 1. The molecule has 0 aliphatic heterocycles. The third kappa shape index (κ3) is 4.93. The Hall–Kier alpha value is -2.01. The largest absolute Gasteiger partial charge is 0.481 e. The highest BCUT2D eigenvalue weighted by atomic mass is 35.5. The Balaban J connectivity index is 2.90. The minimum atomic E-state index is -0.960. The number of halogens is 1. The summed E-state index contributed by atoms with van der Waals surface area (Å²) in [5, 5.41) is 11.7. The zero-order valence-electron chi connectivity index (χ0n) is 11.2. The highest BCUT2D eigenvalue weighted by Gasteiger charge is 2.18. The van der Waals surface area contributed by atoms with Gasteiger partial charge in [-0.15, -0.1) is 0 Å². The predicted molar refractivity (Wildman–Crippen MR) is 79.2 cm³/mol. The average Bonchev–Trinajstić information content (AvgIpc) is 2.38. The Kier molecular flexibility index (Phi) is 6.06. The van der Waals surface area contributed by atoms with E-state index >= 15 is 0 Å². The van der Waals surface area contributed by atoms with Gasteiger partial charge in [-0.1, -0.05) is 36.4 Å². The molecule has 0 saturated carbocycles. The van der Waals surface area contributed by atoms with Crippen LogP contribution in [0.2, 0.25) is 0 Å². The zero-order valence-corrected chi connectivity index (χ0v) is 12.0. The van der Waals surface area contributed by atoms with Gasteiger partial charge in [0.05, 0.1) is 13.0 Å². The Morgan fingerprint density at radius 3 is 2.60 bits per heavy atom. The molecule has 0 unspecified atom stereocenters. The quantitative estimate of drug-likeness (QED) is 0.848. The summed E-state index contributed by atoms with van der Waals surface area (Å²) in [6.07, 6.45) is -0.135. The van der Waals surface area contributed by atoms with Crippen LogP contribution >= 0.6 is 11.6 Å². The minimum Gasteiger partial charge on any atom is -0.481 e. The Bertz CT molecular complexity index is 517. The zero-order chi connectivity index (χ0) is 15.1. The second kappa shape index (κ2) is 7.55. The molecular weight excluding hydrogens is 280 g/mol. The summed E-state index contributed by atoms with van der Waals surface area (Å²) in [6, 6.07) is 6.88. The number of carbonyl (C=O) groups excluding carboxylic acids is 1. The number of carboxylic acids is 1. The maximum atomic E-state index is 12.1. The van der Waals surface area contributed by atoms with E-state index in [4.69, 9.17) is 16.7 Å². The van der Waals surface area contributed by atoms with Crippen molar-refractivity contribution in [2.75, 3.05) is 18.0 Å². The third-order valence-electron chi connectivity index (χ3n) is 2.63. The molecule has 0 bridgehead atoms. The number of anilines is 1. The van der Waals surface area contributed by atoms with Gasteiger partial charge < -0.3 is 10.4 Å². The molecule has 0 spiro atoms. The first-order valence-corrected chi connectivity index (χ1v) is 6.45. The van der Waals surface area contributed by atoms with Crippen LogP contribution in [-0.4, -0.2) is 30.2 Å². The molecule has 20 heavy (non-hydrogen) atoms. The molecular formula is C14H17ClN2O3. The molecule has 0 atom stereocenters. The van der Waals surface area contributed by atoms with Crippen molar-refractivity contribution in [1.82, 2.24) is 5.32 Å². The van der Waals surface area contributed by atoms with Crippen molar-refractivity contribution < 1.29 is 14.7 Å². The van der Waals surface area contributed by atoms with Crippen LogP contribution in [-0.2, 0) is 4.79 Å². The molecule has 5 nitrogen and oxygen atoms in total. The summed E-state index contributed by atoms with van der Waals surface area (Å²) in [5.74, 6) is -0.960. The first-order chi connectivity index (χ1) is 9.41. The van der Waals surface area contributed by atoms with Crippen LogP contribution in [0.4, 0.5) is 10.5 Å². The molecule has 0 heterocycles. The van der Waals surface area contributed by atoms with Gasteiger partial charge >= 0.3 is 12.0 Å². The monoisotopic (exact) mass is 296 g/mol. The lowest BCUT2D eigenvalue weighted by molar-refractivity contribution is -0.136. The van der Waals surface area contributed by atoms with Gasteiger partial charge in [-0.3, -0.25) is 9.69 Å². The standard InChI is InChI=1S/C14H17ClN2O3/c1-10-5-3-4-6-12(10)17(8-7-13(18)19)14(20)16-9-11(2)15/h3-6H,2,7-9H2,1H3,(H,16,20)(H,18,19). The molecule has 0 saturated heterocycles. The number of rotatable bonds is 6. The van der Waals surface area contributed by atoms with Gasteiger partial charge in [0, 0.05) is 17.3 Å². The fourth-order valence-electron chi connectivity index (χ4n) is 1.67. The topological polar surface area (TPSA) is 69.6 Å². The number of nitrogens with zero attached hydrogens (tertiary/aromatic N) is 1. The van der Waals surface area contributed by atoms with Crippen LogP contribution in [0.5, 0.6) is 0 Å². The Morgan fingerprint density at radius 2 is 2.05 bits per heavy atom. The first-order valence-electron chi connectivity index (χ1n) is 6.08. The summed E-state index contributed by atoms with van der Waals surface area (Å²) >= 11 is 5.61. The van der Waals surface area contributed by atoms with Crippen molar-refractivity contribution >= 4 is 29.3 Å². The van der Waals surface area contributed by atoms with Crippen molar-refractivity contribution in [2.45, 2.75) is 13.3 Å². The molecule has 2 amide bonds. The van der Waals surface area contributed by atoms with E-state index in [1.807, 2.05) is 19.1 Å². The van der Waals surface area contributed by atoms with Crippen LogP contribution in [0.1, 0.15) is 12.0 Å². The van der Waals surface area contributed by atoms with Crippen molar-refractivity contribution in [1.29, 1.82) is 0 Å². The number of aryl methyl sites for hydroxylation is 1. The second-order valence-electron chi connectivity index (χ2n) is 4.26. The summed E-state index contributed by atoms with van der Waals surface area (Å²) < 4.78 is 0. The lowest BCUT2D eigenvalue weighted by Crippen LogP contribution is -2.42. The highest BCUT2D eigenvalue weighted by molar-refractivity contribution is 6.29. The molecule has 0 aliphatic carbocycles. The maximum absolute atomic E-state index is 12.1. The van der Waals surface area contributed by atoms with Gasteiger partial charge in [0.1, 0.15) is 0 Å². The van der Waals surface area contributed by atoms with Crippen LogP contribution in [0, 0.1) is 6.92 Å². The third-order valence-corrected chi connectivity index (χ3v) is 2.77. The Morgan fingerprint density at radius 1 is 1.40 bits per heavy atom. The molecule has 0 aliphatic rings. The molecule has 1 aromatic rings. The number of carboxylic acid groups (broad SMARTS) is 1. The molecule has 108 valence electrons. The normalized spacial score (nSPS) is 9.90. The lowest BCUT2D eigenvalue weighted by atomic mass is 10.2. The van der Waals surface area contributed by atoms with Gasteiger partial charge in [-0.2, -0.15) is 0 Å². The number of nitrogens with one attached hydrogen (secondary N) is 1. The van der Waals surface area contributed by atoms with Crippen LogP contribution < -0.4 is 10.2 Å². The average molecular weight is 297 g/mol. The van der Waals surface area contributed by atoms with Crippen molar-refractivity contribution in [3.05, 3.63) is 41.4 Å². The van der Waals surface area contributed by atoms with Gasteiger partial charge in [0.25, 0.3) is 0 Å². The lowest BCUT2D eigenvalue weighted by Gasteiger charge is -2.24. The van der Waals surface area contributed by atoms with Gasteiger partial charge in [-0.25, -0.2) is 4.79 Å². The van der Waals surface area contributed by atoms with Gasteiger partial charge in [0.15, 0.2) is 0 Å². The van der Waals surface area contributed by atoms with E-state index in [2.05, 4.69) is 11.9 Å². The van der Waals surface area contributed by atoms with Crippen molar-refractivity contribution in [2.24, 2.45) is 0 Å². The van der Waals surface area contributed by atoms with Crippen LogP contribution in [0.15, 0.2) is 35.9 Å². The van der Waals surface area contributed by atoms with Crippen molar-refractivity contribution in [3.63, 3.8) is 0 Å². The maximum Gasteiger partial charge on any atom is 0.322 e. The van der Waals surface area contributed by atoms with E-state index in [0.717, 1.165) is 5.56 Å². The SMILES string of the molecule is C=C(Cl)CNC(=O)N(CCC(=O)O)c1ccccc1C. The van der Waals surface area contributed by atoms with E-state index in [1.54, 1.807) is 12.1 Å². The number of amides is 2. The number of carbonyl (C=O) groups is 2. The summed E-state index contributed by atoms with van der Waals surface area (Å²) in [5.41, 5.74) is 1.56. The highest BCUT2D eigenvalue weighted by Crippen LogP contribution is 2.19. The second-order valence-corrected chi connectivity index (χ2v) is 4.79. The van der Waals surface area contributed by atoms with E-state index in [9.17, 15) is 9.59 Å². The first kappa shape index (κ1) is 16.0. The number of benzene rings is 1.